The molecule has 4 rings (SSSR count). The number of nitrogens with zero attached hydrogens (tertiary/aromatic N) is 2. The van der Waals surface area contributed by atoms with Crippen molar-refractivity contribution in [1.82, 2.24) is 10.2 Å². The van der Waals surface area contributed by atoms with E-state index in [2.05, 4.69) is 5.32 Å². The van der Waals surface area contributed by atoms with E-state index in [1.54, 1.807) is 62.4 Å². The fourth-order valence-electron chi connectivity index (χ4n) is 5.07. The van der Waals surface area contributed by atoms with Gasteiger partial charge in [-0.2, -0.15) is 0 Å². The van der Waals surface area contributed by atoms with E-state index in [0.717, 1.165) is 36.4 Å². The molecule has 0 radical (unpaired) electrons. The molecule has 1 fully saturated rings. The van der Waals surface area contributed by atoms with Crippen LogP contribution in [0.2, 0.25) is 15.1 Å². The summed E-state index contributed by atoms with van der Waals surface area (Å²) in [5, 5.41) is 4.17. The summed E-state index contributed by atoms with van der Waals surface area (Å²) in [5.41, 5.74) is 1.45. The van der Waals surface area contributed by atoms with Crippen molar-refractivity contribution in [3.63, 3.8) is 0 Å². The summed E-state index contributed by atoms with van der Waals surface area (Å²) >= 11 is 18.8. The first kappa shape index (κ1) is 32.1. The monoisotopic (exact) mass is 649 g/mol. The van der Waals surface area contributed by atoms with Crippen LogP contribution in [0.1, 0.15) is 50.2 Å². The third-order valence-corrected chi connectivity index (χ3v) is 10.1. The second-order valence-electron chi connectivity index (χ2n) is 10.5. The molecule has 1 saturated carbocycles. The molecular weight excluding hydrogens is 617 g/mol. The first-order chi connectivity index (χ1) is 20.0. The van der Waals surface area contributed by atoms with E-state index < -0.39 is 28.5 Å². The van der Waals surface area contributed by atoms with Gasteiger partial charge >= 0.3 is 0 Å². The van der Waals surface area contributed by atoms with Crippen LogP contribution in [0.15, 0.2) is 71.6 Å². The quantitative estimate of drug-likeness (QED) is 0.256. The highest BCUT2D eigenvalue weighted by Gasteiger charge is 2.34. The van der Waals surface area contributed by atoms with Crippen molar-refractivity contribution in [2.75, 3.05) is 10.8 Å². The van der Waals surface area contributed by atoms with Crippen LogP contribution in [0.5, 0.6) is 0 Å². The SMILES string of the molecule is Cc1ccc(Cl)cc1N(CC(=O)N(Cc1ccc(Cl)cc1Cl)[C@H](C)C(=O)NC1CCCCC1)S(=O)(=O)c1ccccc1. The number of carbonyl (C=O) groups is 2. The Morgan fingerprint density at radius 3 is 2.24 bits per heavy atom. The first-order valence-electron chi connectivity index (χ1n) is 13.8. The normalized spacial score (nSPS) is 14.7. The van der Waals surface area contributed by atoms with Crippen LogP contribution in [0.3, 0.4) is 0 Å². The average molecular weight is 651 g/mol. The van der Waals surface area contributed by atoms with E-state index in [1.807, 2.05) is 0 Å². The minimum absolute atomic E-state index is 0.0209. The third kappa shape index (κ3) is 7.78. The lowest BCUT2D eigenvalue weighted by atomic mass is 9.95. The lowest BCUT2D eigenvalue weighted by Gasteiger charge is -2.33. The first-order valence-corrected chi connectivity index (χ1v) is 16.4. The van der Waals surface area contributed by atoms with E-state index in [0.29, 0.717) is 26.2 Å². The molecule has 2 amide bonds. The lowest BCUT2D eigenvalue weighted by molar-refractivity contribution is -0.139. The number of rotatable bonds is 10. The van der Waals surface area contributed by atoms with Crippen LogP contribution in [0.4, 0.5) is 5.69 Å². The summed E-state index contributed by atoms with van der Waals surface area (Å²) in [5.74, 6) is -0.886. The van der Waals surface area contributed by atoms with Crippen molar-refractivity contribution in [3.05, 3.63) is 92.9 Å². The molecule has 0 bridgehead atoms. The van der Waals surface area contributed by atoms with Crippen molar-refractivity contribution in [1.29, 1.82) is 0 Å². The molecular formula is C31H34Cl3N3O4S. The molecule has 1 aliphatic carbocycles. The maximum Gasteiger partial charge on any atom is 0.264 e. The van der Waals surface area contributed by atoms with Gasteiger partial charge in [0, 0.05) is 27.7 Å². The number of aryl methyl sites for hydroxylation is 1. The Balaban J connectivity index is 1.72. The van der Waals surface area contributed by atoms with E-state index in [-0.39, 0.29) is 29.1 Å². The molecule has 0 aromatic heterocycles. The zero-order valence-electron chi connectivity index (χ0n) is 23.5. The summed E-state index contributed by atoms with van der Waals surface area (Å²) in [6.07, 6.45) is 4.97. The minimum atomic E-state index is -4.19. The number of sulfonamides is 1. The highest BCUT2D eigenvalue weighted by atomic mass is 35.5. The second kappa shape index (κ2) is 14.1. The maximum absolute atomic E-state index is 14.2. The molecule has 0 saturated heterocycles. The molecule has 42 heavy (non-hydrogen) atoms. The van der Waals surface area contributed by atoms with Crippen LogP contribution in [-0.2, 0) is 26.2 Å². The van der Waals surface area contributed by atoms with Gasteiger partial charge in [-0.25, -0.2) is 8.42 Å². The molecule has 224 valence electrons. The van der Waals surface area contributed by atoms with Crippen LogP contribution in [0, 0.1) is 6.92 Å². The fourth-order valence-corrected chi connectivity index (χ4v) is 7.20. The molecule has 3 aromatic carbocycles. The van der Waals surface area contributed by atoms with Crippen molar-refractivity contribution in [2.24, 2.45) is 0 Å². The number of hydrogen-bond donors (Lipinski definition) is 1. The van der Waals surface area contributed by atoms with Gasteiger partial charge in [-0.15, -0.1) is 0 Å². The van der Waals surface area contributed by atoms with Gasteiger partial charge in [-0.3, -0.25) is 13.9 Å². The largest absolute Gasteiger partial charge is 0.352 e. The summed E-state index contributed by atoms with van der Waals surface area (Å²) in [7, 11) is -4.19. The molecule has 7 nitrogen and oxygen atoms in total. The zero-order chi connectivity index (χ0) is 30.4. The Morgan fingerprint density at radius 2 is 1.57 bits per heavy atom. The Bertz CT molecular complexity index is 1530. The molecule has 0 unspecified atom stereocenters. The van der Waals surface area contributed by atoms with Gasteiger partial charge in [0.2, 0.25) is 11.8 Å². The fraction of sp³-hybridized carbons (Fsp3) is 0.355. The maximum atomic E-state index is 14.2. The molecule has 1 N–H and O–H groups in total. The van der Waals surface area contributed by atoms with E-state index >= 15 is 0 Å². The summed E-state index contributed by atoms with van der Waals surface area (Å²) in [6, 6.07) is 16.8. The van der Waals surface area contributed by atoms with Gasteiger partial charge in [0.25, 0.3) is 10.0 Å². The molecule has 0 spiro atoms. The predicted octanol–water partition coefficient (Wildman–Crippen LogP) is 7.02. The van der Waals surface area contributed by atoms with Crippen molar-refractivity contribution in [2.45, 2.75) is 69.5 Å². The van der Waals surface area contributed by atoms with E-state index in [9.17, 15) is 18.0 Å². The van der Waals surface area contributed by atoms with Gasteiger partial charge < -0.3 is 10.2 Å². The highest BCUT2D eigenvalue weighted by Crippen LogP contribution is 2.30. The van der Waals surface area contributed by atoms with E-state index in [4.69, 9.17) is 34.8 Å². The number of hydrogen-bond acceptors (Lipinski definition) is 4. The molecule has 0 aliphatic heterocycles. The topological polar surface area (TPSA) is 86.8 Å². The Hall–Kier alpha value is -2.78. The highest BCUT2D eigenvalue weighted by molar-refractivity contribution is 7.92. The van der Waals surface area contributed by atoms with Crippen LogP contribution in [0.25, 0.3) is 0 Å². The average Bonchev–Trinajstić information content (AvgIpc) is 2.97. The van der Waals surface area contributed by atoms with Gasteiger partial charge in [0.05, 0.1) is 10.6 Å². The number of halogens is 3. The number of amides is 2. The number of carbonyl (C=O) groups excluding carboxylic acids is 2. The summed E-state index contributed by atoms with van der Waals surface area (Å²) in [4.78, 5) is 29.0. The van der Waals surface area contributed by atoms with Crippen molar-refractivity contribution >= 4 is 62.3 Å². The van der Waals surface area contributed by atoms with Gasteiger partial charge in [-0.05, 0) is 74.2 Å². The van der Waals surface area contributed by atoms with Crippen molar-refractivity contribution in [3.8, 4) is 0 Å². The zero-order valence-corrected chi connectivity index (χ0v) is 26.6. The number of nitrogens with one attached hydrogen (secondary N) is 1. The molecule has 1 aliphatic rings. The Labute approximate surface area is 262 Å². The predicted molar refractivity (Wildman–Crippen MR) is 169 cm³/mol. The lowest BCUT2D eigenvalue weighted by Crippen LogP contribution is -2.53. The smallest absolute Gasteiger partial charge is 0.264 e. The standard InChI is InChI=1S/C31H34Cl3N3O4S/c1-21-13-15-25(33)18-29(21)37(42(40,41)27-11-7-4-8-12-27)20-30(38)36(19-23-14-16-24(32)17-28(23)34)22(2)31(39)35-26-9-5-3-6-10-26/h4,7-8,11-18,22,26H,3,5-6,9-10,19-20H2,1-2H3,(H,35,39)/t22-/m1/s1. The summed E-state index contributed by atoms with van der Waals surface area (Å²) < 4.78 is 29.0. The second-order valence-corrected chi connectivity index (χ2v) is 13.7. The Morgan fingerprint density at radius 1 is 0.929 bits per heavy atom. The van der Waals surface area contributed by atoms with Crippen molar-refractivity contribution < 1.29 is 18.0 Å². The Kier molecular flexibility index (Phi) is 10.8. The summed E-state index contributed by atoms with van der Waals surface area (Å²) in [6.45, 7) is 2.79. The van der Waals surface area contributed by atoms with Gasteiger partial charge in [-0.1, -0.05) is 84.4 Å². The molecule has 11 heteroatoms. The number of anilines is 1. The minimum Gasteiger partial charge on any atom is -0.352 e. The van der Waals surface area contributed by atoms with Crippen LogP contribution >= 0.6 is 34.8 Å². The van der Waals surface area contributed by atoms with Gasteiger partial charge in [0.15, 0.2) is 0 Å². The van der Waals surface area contributed by atoms with Crippen LogP contribution < -0.4 is 9.62 Å². The molecule has 3 aromatic rings. The molecule has 1 atom stereocenters. The number of benzene rings is 3. The van der Waals surface area contributed by atoms with Gasteiger partial charge in [0.1, 0.15) is 12.6 Å². The van der Waals surface area contributed by atoms with Crippen LogP contribution in [-0.4, -0.2) is 43.8 Å². The van der Waals surface area contributed by atoms with E-state index in [1.165, 1.54) is 23.1 Å². The molecule has 0 heterocycles. The third-order valence-electron chi connectivity index (χ3n) is 7.52.